The second-order valence-electron chi connectivity index (χ2n) is 5.83. The molecule has 1 amide bonds. The van der Waals surface area contributed by atoms with E-state index in [1.165, 1.54) is 19.3 Å². The van der Waals surface area contributed by atoms with Crippen LogP contribution in [0.2, 0.25) is 0 Å². The Morgan fingerprint density at radius 3 is 2.42 bits per heavy atom. The molecule has 2 aliphatic rings. The number of hydrazine groups is 1. The molecule has 0 aromatic heterocycles. The fraction of sp³-hybridized carbons (Fsp3) is 0.929. The maximum absolute atomic E-state index is 11.9. The highest BCUT2D eigenvalue weighted by atomic mass is 16.5. The van der Waals surface area contributed by atoms with Gasteiger partial charge >= 0.3 is 0 Å². The van der Waals surface area contributed by atoms with Crippen LogP contribution in [0, 0.1) is 0 Å². The van der Waals surface area contributed by atoms with Crippen LogP contribution in [-0.4, -0.2) is 48.8 Å². The molecular formula is C14H27N3O2. The SMILES string of the molecule is CC1CCCC(C)N1NCC(=O)NC1CCOCC1. The normalized spacial score (nSPS) is 30.2. The van der Waals surface area contributed by atoms with Crippen LogP contribution in [0.25, 0.3) is 0 Å². The number of amides is 1. The summed E-state index contributed by atoms with van der Waals surface area (Å²) in [7, 11) is 0. The zero-order chi connectivity index (χ0) is 13.7. The van der Waals surface area contributed by atoms with Gasteiger partial charge in [0.15, 0.2) is 0 Å². The van der Waals surface area contributed by atoms with Crippen LogP contribution < -0.4 is 10.7 Å². The van der Waals surface area contributed by atoms with Crippen LogP contribution in [0.15, 0.2) is 0 Å². The molecule has 2 unspecified atom stereocenters. The Bertz CT molecular complexity index is 282. The first kappa shape index (κ1) is 14.8. The van der Waals surface area contributed by atoms with Gasteiger partial charge in [-0.1, -0.05) is 6.42 Å². The molecule has 2 heterocycles. The van der Waals surface area contributed by atoms with Gasteiger partial charge in [0.2, 0.25) is 5.91 Å². The van der Waals surface area contributed by atoms with E-state index in [0.717, 1.165) is 26.1 Å². The molecule has 2 atom stereocenters. The molecule has 110 valence electrons. The molecule has 2 N–H and O–H groups in total. The first-order valence-corrected chi connectivity index (χ1v) is 7.55. The zero-order valence-corrected chi connectivity index (χ0v) is 12.2. The van der Waals surface area contributed by atoms with Crippen LogP contribution in [0.1, 0.15) is 46.0 Å². The summed E-state index contributed by atoms with van der Waals surface area (Å²) in [6.45, 7) is 6.35. The Balaban J connectivity index is 1.70. The van der Waals surface area contributed by atoms with E-state index >= 15 is 0 Å². The van der Waals surface area contributed by atoms with Crippen LogP contribution in [0.4, 0.5) is 0 Å². The second-order valence-corrected chi connectivity index (χ2v) is 5.83. The third-order valence-corrected chi connectivity index (χ3v) is 4.20. The van der Waals surface area contributed by atoms with E-state index in [0.29, 0.717) is 24.7 Å². The molecule has 0 bridgehead atoms. The molecule has 0 aromatic carbocycles. The maximum Gasteiger partial charge on any atom is 0.235 e. The van der Waals surface area contributed by atoms with Crippen molar-refractivity contribution in [3.63, 3.8) is 0 Å². The smallest absolute Gasteiger partial charge is 0.235 e. The molecule has 0 aromatic rings. The minimum absolute atomic E-state index is 0.0943. The van der Waals surface area contributed by atoms with E-state index in [-0.39, 0.29) is 5.91 Å². The van der Waals surface area contributed by atoms with Gasteiger partial charge in [0.25, 0.3) is 0 Å². The van der Waals surface area contributed by atoms with Crippen molar-refractivity contribution < 1.29 is 9.53 Å². The third kappa shape index (κ3) is 4.44. The summed E-state index contributed by atoms with van der Waals surface area (Å²) in [4.78, 5) is 11.9. The monoisotopic (exact) mass is 269 g/mol. The van der Waals surface area contributed by atoms with Gasteiger partial charge in [0.1, 0.15) is 0 Å². The summed E-state index contributed by atoms with van der Waals surface area (Å²) in [5.41, 5.74) is 3.30. The number of piperidine rings is 1. The first-order valence-electron chi connectivity index (χ1n) is 7.55. The van der Waals surface area contributed by atoms with Crippen LogP contribution >= 0.6 is 0 Å². The molecular weight excluding hydrogens is 242 g/mol. The van der Waals surface area contributed by atoms with Crippen LogP contribution in [0.5, 0.6) is 0 Å². The minimum Gasteiger partial charge on any atom is -0.381 e. The predicted molar refractivity (Wildman–Crippen MR) is 74.6 cm³/mol. The quantitative estimate of drug-likeness (QED) is 0.801. The van der Waals surface area contributed by atoms with E-state index in [1.807, 2.05) is 0 Å². The van der Waals surface area contributed by atoms with Gasteiger partial charge in [0.05, 0.1) is 6.54 Å². The Hall–Kier alpha value is -0.650. The van der Waals surface area contributed by atoms with E-state index in [1.54, 1.807) is 0 Å². The molecule has 2 fully saturated rings. The fourth-order valence-electron chi connectivity index (χ4n) is 3.02. The van der Waals surface area contributed by atoms with E-state index in [4.69, 9.17) is 4.74 Å². The van der Waals surface area contributed by atoms with Crippen molar-refractivity contribution in [2.24, 2.45) is 0 Å². The molecule has 2 saturated heterocycles. The van der Waals surface area contributed by atoms with E-state index in [9.17, 15) is 4.79 Å². The van der Waals surface area contributed by atoms with Crippen molar-refractivity contribution >= 4 is 5.91 Å². The van der Waals surface area contributed by atoms with Gasteiger partial charge < -0.3 is 10.1 Å². The molecule has 0 radical (unpaired) electrons. The average Bonchev–Trinajstić information content (AvgIpc) is 2.39. The van der Waals surface area contributed by atoms with Crippen molar-refractivity contribution in [3.8, 4) is 0 Å². The number of hydrogen-bond acceptors (Lipinski definition) is 4. The molecule has 2 aliphatic heterocycles. The fourth-order valence-corrected chi connectivity index (χ4v) is 3.02. The third-order valence-electron chi connectivity index (χ3n) is 4.20. The number of ether oxygens (including phenoxy) is 1. The number of carbonyl (C=O) groups excluding carboxylic acids is 1. The largest absolute Gasteiger partial charge is 0.381 e. The summed E-state index contributed by atoms with van der Waals surface area (Å²) < 4.78 is 5.29. The van der Waals surface area contributed by atoms with Gasteiger partial charge in [-0.15, -0.1) is 0 Å². The van der Waals surface area contributed by atoms with Gasteiger partial charge in [-0.3, -0.25) is 4.79 Å². The molecule has 0 aliphatic carbocycles. The number of hydrogen-bond donors (Lipinski definition) is 2. The Labute approximate surface area is 116 Å². The summed E-state index contributed by atoms with van der Waals surface area (Å²) in [6, 6.07) is 1.32. The van der Waals surface area contributed by atoms with Gasteiger partial charge in [-0.2, -0.15) is 0 Å². The van der Waals surface area contributed by atoms with Crippen LogP contribution in [0.3, 0.4) is 0 Å². The summed E-state index contributed by atoms with van der Waals surface area (Å²) in [5.74, 6) is 0.0943. The Morgan fingerprint density at radius 2 is 1.79 bits per heavy atom. The highest BCUT2D eigenvalue weighted by Gasteiger charge is 2.25. The first-order chi connectivity index (χ1) is 9.16. The van der Waals surface area contributed by atoms with Crippen molar-refractivity contribution in [2.75, 3.05) is 19.8 Å². The summed E-state index contributed by atoms with van der Waals surface area (Å²) >= 11 is 0. The maximum atomic E-state index is 11.9. The van der Waals surface area contributed by atoms with Crippen molar-refractivity contribution in [1.29, 1.82) is 0 Å². The molecule has 0 saturated carbocycles. The van der Waals surface area contributed by atoms with E-state index < -0.39 is 0 Å². The van der Waals surface area contributed by atoms with Crippen molar-refractivity contribution in [2.45, 2.75) is 64.1 Å². The molecule has 5 heteroatoms. The van der Waals surface area contributed by atoms with Crippen molar-refractivity contribution in [1.82, 2.24) is 15.8 Å². The molecule has 0 spiro atoms. The molecule has 2 rings (SSSR count). The van der Waals surface area contributed by atoms with Crippen molar-refractivity contribution in [3.05, 3.63) is 0 Å². The van der Waals surface area contributed by atoms with Gasteiger partial charge in [0, 0.05) is 31.3 Å². The predicted octanol–water partition coefficient (Wildman–Crippen LogP) is 1.05. The number of nitrogens with zero attached hydrogens (tertiary/aromatic N) is 1. The summed E-state index contributed by atoms with van der Waals surface area (Å²) in [6.07, 6.45) is 5.57. The minimum atomic E-state index is 0.0943. The topological polar surface area (TPSA) is 53.6 Å². The lowest BCUT2D eigenvalue weighted by molar-refractivity contribution is -0.123. The van der Waals surface area contributed by atoms with Crippen LogP contribution in [-0.2, 0) is 9.53 Å². The summed E-state index contributed by atoms with van der Waals surface area (Å²) in [5, 5.41) is 5.32. The standard InChI is InChI=1S/C14H27N3O2/c1-11-4-3-5-12(2)17(11)15-10-14(18)16-13-6-8-19-9-7-13/h11-13,15H,3-10H2,1-2H3,(H,16,18). The second kappa shape index (κ2) is 7.22. The van der Waals surface area contributed by atoms with Gasteiger partial charge in [-0.05, 0) is 39.5 Å². The lowest BCUT2D eigenvalue weighted by atomic mass is 10.00. The Kier molecular flexibility index (Phi) is 5.60. The number of nitrogens with one attached hydrogen (secondary N) is 2. The Morgan fingerprint density at radius 1 is 1.16 bits per heavy atom. The van der Waals surface area contributed by atoms with E-state index in [2.05, 4.69) is 29.6 Å². The lowest BCUT2D eigenvalue weighted by Crippen LogP contribution is -2.55. The number of carbonyl (C=O) groups is 1. The van der Waals surface area contributed by atoms with Gasteiger partial charge in [-0.25, -0.2) is 10.4 Å². The highest BCUT2D eigenvalue weighted by Crippen LogP contribution is 2.19. The lowest BCUT2D eigenvalue weighted by Gasteiger charge is -2.39. The molecule has 19 heavy (non-hydrogen) atoms. The number of rotatable bonds is 4. The highest BCUT2D eigenvalue weighted by molar-refractivity contribution is 5.78. The average molecular weight is 269 g/mol. The molecule has 5 nitrogen and oxygen atoms in total. The zero-order valence-electron chi connectivity index (χ0n) is 12.2.